The van der Waals surface area contributed by atoms with E-state index in [1.54, 1.807) is 0 Å². The molecule has 0 bridgehead atoms. The summed E-state index contributed by atoms with van der Waals surface area (Å²) < 4.78 is 5.34. The van der Waals surface area contributed by atoms with Crippen LogP contribution in [0, 0.1) is 0 Å². The maximum absolute atomic E-state index is 5.34. The van der Waals surface area contributed by atoms with Gasteiger partial charge in [-0.2, -0.15) is 0 Å². The SMILES string of the molecule is CCOc1ccc(NC(C)C)cc1. The van der Waals surface area contributed by atoms with Crippen LogP contribution < -0.4 is 10.1 Å². The molecule has 1 aromatic rings. The molecule has 0 spiro atoms. The summed E-state index contributed by atoms with van der Waals surface area (Å²) in [5.74, 6) is 0.928. The van der Waals surface area contributed by atoms with Crippen LogP contribution in [0.25, 0.3) is 0 Å². The predicted octanol–water partition coefficient (Wildman–Crippen LogP) is 2.91. The van der Waals surface area contributed by atoms with Crippen LogP contribution in [-0.4, -0.2) is 12.6 Å². The first-order valence-corrected chi connectivity index (χ1v) is 4.71. The molecule has 0 saturated heterocycles. The van der Waals surface area contributed by atoms with Crippen molar-refractivity contribution in [2.75, 3.05) is 11.9 Å². The average Bonchev–Trinajstić information content (AvgIpc) is 2.08. The normalized spacial score (nSPS) is 10.2. The topological polar surface area (TPSA) is 21.3 Å². The van der Waals surface area contributed by atoms with Crippen LogP contribution in [0.1, 0.15) is 20.8 Å². The average molecular weight is 179 g/mol. The third-order valence-corrected chi connectivity index (χ3v) is 1.62. The van der Waals surface area contributed by atoms with E-state index in [1.165, 1.54) is 0 Å². The Labute approximate surface area is 79.9 Å². The van der Waals surface area contributed by atoms with E-state index in [0.717, 1.165) is 18.0 Å². The third-order valence-electron chi connectivity index (χ3n) is 1.62. The second kappa shape index (κ2) is 4.75. The molecule has 0 aliphatic heterocycles. The van der Waals surface area contributed by atoms with Crippen molar-refractivity contribution in [3.05, 3.63) is 24.3 Å². The number of ether oxygens (including phenoxy) is 1. The molecule has 72 valence electrons. The van der Waals surface area contributed by atoms with E-state index in [1.807, 2.05) is 31.2 Å². The molecular weight excluding hydrogens is 162 g/mol. The van der Waals surface area contributed by atoms with Crippen LogP contribution in [0.2, 0.25) is 0 Å². The van der Waals surface area contributed by atoms with Gasteiger partial charge in [0.1, 0.15) is 5.75 Å². The molecule has 1 aromatic carbocycles. The van der Waals surface area contributed by atoms with E-state index in [-0.39, 0.29) is 0 Å². The van der Waals surface area contributed by atoms with Crippen molar-refractivity contribution in [2.45, 2.75) is 26.8 Å². The van der Waals surface area contributed by atoms with Gasteiger partial charge in [-0.3, -0.25) is 0 Å². The van der Waals surface area contributed by atoms with Gasteiger partial charge in [0.15, 0.2) is 0 Å². The van der Waals surface area contributed by atoms with Crippen molar-refractivity contribution >= 4 is 5.69 Å². The first-order chi connectivity index (χ1) is 6.22. The fourth-order valence-electron chi connectivity index (χ4n) is 1.15. The summed E-state index contributed by atoms with van der Waals surface area (Å²) in [6, 6.07) is 8.50. The Bertz CT molecular complexity index is 241. The summed E-state index contributed by atoms with van der Waals surface area (Å²) >= 11 is 0. The van der Waals surface area contributed by atoms with Gasteiger partial charge >= 0.3 is 0 Å². The Hall–Kier alpha value is -1.18. The predicted molar refractivity (Wildman–Crippen MR) is 56.4 cm³/mol. The Kier molecular flexibility index (Phi) is 3.62. The van der Waals surface area contributed by atoms with Crippen molar-refractivity contribution in [1.29, 1.82) is 0 Å². The number of benzene rings is 1. The van der Waals surface area contributed by atoms with Crippen LogP contribution in [0.5, 0.6) is 5.75 Å². The fraction of sp³-hybridized carbons (Fsp3) is 0.455. The van der Waals surface area contributed by atoms with Crippen molar-refractivity contribution in [1.82, 2.24) is 0 Å². The first-order valence-electron chi connectivity index (χ1n) is 4.71. The number of nitrogens with one attached hydrogen (secondary N) is 1. The minimum Gasteiger partial charge on any atom is -0.494 e. The summed E-state index contributed by atoms with van der Waals surface area (Å²) in [5, 5.41) is 3.32. The molecule has 0 radical (unpaired) electrons. The molecule has 2 heteroatoms. The van der Waals surface area contributed by atoms with E-state index in [9.17, 15) is 0 Å². The summed E-state index contributed by atoms with van der Waals surface area (Å²) in [5.41, 5.74) is 1.14. The molecule has 1 N–H and O–H groups in total. The zero-order valence-electron chi connectivity index (χ0n) is 8.50. The van der Waals surface area contributed by atoms with Crippen LogP contribution >= 0.6 is 0 Å². The summed E-state index contributed by atoms with van der Waals surface area (Å²) in [6.07, 6.45) is 0. The summed E-state index contributed by atoms with van der Waals surface area (Å²) in [7, 11) is 0. The van der Waals surface area contributed by atoms with Crippen molar-refractivity contribution in [2.24, 2.45) is 0 Å². The highest BCUT2D eigenvalue weighted by atomic mass is 16.5. The van der Waals surface area contributed by atoms with E-state index < -0.39 is 0 Å². The molecule has 1 rings (SSSR count). The molecule has 0 heterocycles. The highest BCUT2D eigenvalue weighted by Crippen LogP contribution is 2.15. The van der Waals surface area contributed by atoms with Gasteiger partial charge in [0.05, 0.1) is 6.61 Å². The van der Waals surface area contributed by atoms with Gasteiger partial charge in [-0.15, -0.1) is 0 Å². The quantitative estimate of drug-likeness (QED) is 0.767. The van der Waals surface area contributed by atoms with Crippen molar-refractivity contribution < 1.29 is 4.74 Å². The lowest BCUT2D eigenvalue weighted by Crippen LogP contribution is -2.09. The van der Waals surface area contributed by atoms with E-state index >= 15 is 0 Å². The Morgan fingerprint density at radius 2 is 1.85 bits per heavy atom. The second-order valence-electron chi connectivity index (χ2n) is 3.26. The molecule has 0 atom stereocenters. The smallest absolute Gasteiger partial charge is 0.119 e. The van der Waals surface area contributed by atoms with E-state index in [0.29, 0.717) is 6.04 Å². The van der Waals surface area contributed by atoms with Crippen LogP contribution in [0.15, 0.2) is 24.3 Å². The lowest BCUT2D eigenvalue weighted by atomic mass is 10.3. The largest absolute Gasteiger partial charge is 0.494 e. The monoisotopic (exact) mass is 179 g/mol. The summed E-state index contributed by atoms with van der Waals surface area (Å²) in [6.45, 7) is 6.95. The number of anilines is 1. The number of hydrogen-bond acceptors (Lipinski definition) is 2. The maximum atomic E-state index is 5.34. The fourth-order valence-corrected chi connectivity index (χ4v) is 1.15. The van der Waals surface area contributed by atoms with Gasteiger partial charge in [0, 0.05) is 11.7 Å². The maximum Gasteiger partial charge on any atom is 0.119 e. The molecule has 0 saturated carbocycles. The molecular formula is C11H17NO. The van der Waals surface area contributed by atoms with Crippen molar-refractivity contribution in [3.8, 4) is 5.75 Å². The molecule has 0 unspecified atom stereocenters. The van der Waals surface area contributed by atoms with Gasteiger partial charge in [-0.1, -0.05) is 0 Å². The van der Waals surface area contributed by atoms with Gasteiger partial charge in [0.25, 0.3) is 0 Å². The molecule has 0 fully saturated rings. The molecule has 0 aromatic heterocycles. The Balaban J connectivity index is 2.59. The number of hydrogen-bond donors (Lipinski definition) is 1. The first kappa shape index (κ1) is 9.90. The van der Waals surface area contributed by atoms with Gasteiger partial charge in [0.2, 0.25) is 0 Å². The highest BCUT2D eigenvalue weighted by molar-refractivity contribution is 5.46. The zero-order chi connectivity index (χ0) is 9.68. The van der Waals surface area contributed by atoms with Crippen LogP contribution in [0.3, 0.4) is 0 Å². The van der Waals surface area contributed by atoms with Crippen LogP contribution in [0.4, 0.5) is 5.69 Å². The minimum absolute atomic E-state index is 0.470. The molecule has 0 aliphatic rings. The lowest BCUT2D eigenvalue weighted by Gasteiger charge is -2.10. The standard InChI is InChI=1S/C11H17NO/c1-4-13-11-7-5-10(6-8-11)12-9(2)3/h5-9,12H,4H2,1-3H3. The number of rotatable bonds is 4. The molecule has 13 heavy (non-hydrogen) atoms. The van der Waals surface area contributed by atoms with Crippen molar-refractivity contribution in [3.63, 3.8) is 0 Å². The third kappa shape index (κ3) is 3.36. The minimum atomic E-state index is 0.470. The summed E-state index contributed by atoms with van der Waals surface area (Å²) in [4.78, 5) is 0. The van der Waals surface area contributed by atoms with Gasteiger partial charge in [-0.25, -0.2) is 0 Å². The van der Waals surface area contributed by atoms with E-state index in [4.69, 9.17) is 4.74 Å². The highest BCUT2D eigenvalue weighted by Gasteiger charge is 1.95. The van der Waals surface area contributed by atoms with Gasteiger partial charge in [-0.05, 0) is 45.0 Å². The van der Waals surface area contributed by atoms with Crippen LogP contribution in [-0.2, 0) is 0 Å². The van der Waals surface area contributed by atoms with E-state index in [2.05, 4.69) is 19.2 Å². The Morgan fingerprint density at radius 3 is 2.31 bits per heavy atom. The molecule has 0 aliphatic carbocycles. The Morgan fingerprint density at radius 1 is 1.23 bits per heavy atom. The molecule has 2 nitrogen and oxygen atoms in total. The second-order valence-corrected chi connectivity index (χ2v) is 3.26. The zero-order valence-corrected chi connectivity index (χ0v) is 8.50. The van der Waals surface area contributed by atoms with Gasteiger partial charge < -0.3 is 10.1 Å². The molecule has 0 amide bonds. The lowest BCUT2D eigenvalue weighted by molar-refractivity contribution is 0.340.